The number of nitriles is 1. The number of imide groups is 1. The highest BCUT2D eigenvalue weighted by Crippen LogP contribution is 2.32. The summed E-state index contributed by atoms with van der Waals surface area (Å²) >= 11 is 0. The standard InChI is InChI=1S/C24H18N2O4/c1-15-20(23(28)26(11-12-27)24(29)21(15)14-25)13-17-9-10-22(30-17)19-8-4-6-16-5-2-3-7-18(16)19/h2-10,13,27H,11-12H2,1H3/b20-13+. The number of fused-ring (bicyclic) bond motifs is 1. The van der Waals surface area contributed by atoms with E-state index in [0.29, 0.717) is 17.1 Å². The van der Waals surface area contributed by atoms with Crippen molar-refractivity contribution in [3.8, 4) is 17.4 Å². The highest BCUT2D eigenvalue weighted by atomic mass is 16.3. The Balaban J connectivity index is 1.78. The highest BCUT2D eigenvalue weighted by molar-refractivity contribution is 6.19. The quantitative estimate of drug-likeness (QED) is 0.534. The number of β-amino-alcohol motifs (C(OH)–C–C–N with tert-alkyl or cyclic N) is 1. The van der Waals surface area contributed by atoms with E-state index in [4.69, 9.17) is 4.42 Å². The van der Waals surface area contributed by atoms with Crippen molar-refractivity contribution in [3.63, 3.8) is 0 Å². The molecule has 0 saturated carbocycles. The third-order valence-electron chi connectivity index (χ3n) is 5.12. The lowest BCUT2D eigenvalue weighted by Crippen LogP contribution is -2.44. The molecule has 148 valence electrons. The van der Waals surface area contributed by atoms with Gasteiger partial charge in [0.05, 0.1) is 13.2 Å². The van der Waals surface area contributed by atoms with Crippen LogP contribution >= 0.6 is 0 Å². The van der Waals surface area contributed by atoms with Crippen molar-refractivity contribution in [2.24, 2.45) is 0 Å². The van der Waals surface area contributed by atoms with Gasteiger partial charge in [-0.05, 0) is 41.5 Å². The molecule has 3 aromatic rings. The molecule has 0 bridgehead atoms. The molecule has 4 rings (SSSR count). The van der Waals surface area contributed by atoms with Crippen LogP contribution < -0.4 is 0 Å². The summed E-state index contributed by atoms with van der Waals surface area (Å²) in [6, 6.07) is 19.3. The Morgan fingerprint density at radius 2 is 1.83 bits per heavy atom. The number of aliphatic hydroxyl groups excluding tert-OH is 1. The summed E-state index contributed by atoms with van der Waals surface area (Å²) in [7, 11) is 0. The van der Waals surface area contributed by atoms with Gasteiger partial charge in [-0.25, -0.2) is 0 Å². The predicted molar refractivity (Wildman–Crippen MR) is 112 cm³/mol. The maximum absolute atomic E-state index is 12.8. The minimum atomic E-state index is -0.693. The van der Waals surface area contributed by atoms with Crippen LogP contribution in [0.1, 0.15) is 12.7 Å². The van der Waals surface area contributed by atoms with Crippen LogP contribution in [0.15, 0.2) is 75.7 Å². The fourth-order valence-corrected chi connectivity index (χ4v) is 3.59. The molecule has 0 atom stereocenters. The van der Waals surface area contributed by atoms with E-state index in [0.717, 1.165) is 21.2 Å². The summed E-state index contributed by atoms with van der Waals surface area (Å²) in [5.74, 6) is -0.181. The molecule has 2 amide bonds. The van der Waals surface area contributed by atoms with Gasteiger partial charge in [0, 0.05) is 11.1 Å². The molecule has 0 spiro atoms. The number of nitrogens with zero attached hydrogens (tertiary/aromatic N) is 2. The molecular formula is C24H18N2O4. The van der Waals surface area contributed by atoms with Crippen molar-refractivity contribution in [1.82, 2.24) is 4.90 Å². The Morgan fingerprint density at radius 3 is 2.60 bits per heavy atom. The number of amides is 2. The van der Waals surface area contributed by atoms with Crippen LogP contribution in [0.4, 0.5) is 0 Å². The van der Waals surface area contributed by atoms with E-state index >= 15 is 0 Å². The van der Waals surface area contributed by atoms with E-state index < -0.39 is 11.8 Å². The predicted octanol–water partition coefficient (Wildman–Crippen LogP) is 3.68. The summed E-state index contributed by atoms with van der Waals surface area (Å²) in [6.45, 7) is 1.01. The zero-order chi connectivity index (χ0) is 21.3. The van der Waals surface area contributed by atoms with Crippen molar-refractivity contribution >= 4 is 28.7 Å². The van der Waals surface area contributed by atoms with Crippen molar-refractivity contribution in [1.29, 1.82) is 5.26 Å². The van der Waals surface area contributed by atoms with E-state index in [1.54, 1.807) is 13.0 Å². The third-order valence-corrected chi connectivity index (χ3v) is 5.12. The summed E-state index contributed by atoms with van der Waals surface area (Å²) in [5, 5.41) is 20.7. The second-order valence-electron chi connectivity index (χ2n) is 6.88. The summed E-state index contributed by atoms with van der Waals surface area (Å²) in [6.07, 6.45) is 1.53. The maximum Gasteiger partial charge on any atom is 0.271 e. The first-order chi connectivity index (χ1) is 14.5. The first-order valence-electron chi connectivity index (χ1n) is 9.43. The number of hydrogen-bond acceptors (Lipinski definition) is 5. The van der Waals surface area contributed by atoms with Crippen LogP contribution in [0.25, 0.3) is 28.2 Å². The first kappa shape index (κ1) is 19.4. The lowest BCUT2D eigenvalue weighted by atomic mass is 9.95. The average Bonchev–Trinajstić information content (AvgIpc) is 3.23. The number of aliphatic hydroxyl groups is 1. The summed E-state index contributed by atoms with van der Waals surface area (Å²) in [5.41, 5.74) is 1.30. The van der Waals surface area contributed by atoms with Gasteiger partial charge in [-0.3, -0.25) is 14.5 Å². The first-order valence-corrected chi connectivity index (χ1v) is 9.43. The Morgan fingerprint density at radius 1 is 1.07 bits per heavy atom. The number of benzene rings is 2. The lowest BCUT2D eigenvalue weighted by molar-refractivity contribution is -0.140. The van der Waals surface area contributed by atoms with Gasteiger partial charge in [0.2, 0.25) is 0 Å². The molecule has 0 fully saturated rings. The minimum absolute atomic E-state index is 0.116. The van der Waals surface area contributed by atoms with E-state index in [9.17, 15) is 20.0 Å². The zero-order valence-corrected chi connectivity index (χ0v) is 16.3. The number of carbonyl (C=O) groups is 2. The van der Waals surface area contributed by atoms with Crippen LogP contribution in [0.3, 0.4) is 0 Å². The molecule has 2 heterocycles. The number of hydrogen-bond donors (Lipinski definition) is 1. The van der Waals surface area contributed by atoms with E-state index in [1.165, 1.54) is 6.08 Å². The van der Waals surface area contributed by atoms with Gasteiger partial charge in [-0.1, -0.05) is 42.5 Å². The smallest absolute Gasteiger partial charge is 0.271 e. The largest absolute Gasteiger partial charge is 0.457 e. The summed E-state index contributed by atoms with van der Waals surface area (Å²) in [4.78, 5) is 26.0. The molecule has 2 aromatic carbocycles. The second kappa shape index (κ2) is 7.82. The molecule has 1 aliphatic rings. The van der Waals surface area contributed by atoms with Gasteiger partial charge < -0.3 is 9.52 Å². The van der Waals surface area contributed by atoms with Crippen molar-refractivity contribution in [2.75, 3.05) is 13.2 Å². The normalized spacial score (nSPS) is 15.9. The van der Waals surface area contributed by atoms with Gasteiger partial charge in [0.15, 0.2) is 0 Å². The summed E-state index contributed by atoms with van der Waals surface area (Å²) < 4.78 is 5.98. The Labute approximate surface area is 172 Å². The average molecular weight is 398 g/mol. The molecular weight excluding hydrogens is 380 g/mol. The van der Waals surface area contributed by atoms with Crippen molar-refractivity contribution in [3.05, 3.63) is 77.1 Å². The van der Waals surface area contributed by atoms with Gasteiger partial charge in [0.25, 0.3) is 11.8 Å². The monoisotopic (exact) mass is 398 g/mol. The van der Waals surface area contributed by atoms with Crippen molar-refractivity contribution < 1.29 is 19.1 Å². The van der Waals surface area contributed by atoms with Gasteiger partial charge in [-0.2, -0.15) is 5.26 Å². The molecule has 6 nitrogen and oxygen atoms in total. The fourth-order valence-electron chi connectivity index (χ4n) is 3.59. The van der Waals surface area contributed by atoms with Crippen LogP contribution in [0.2, 0.25) is 0 Å². The maximum atomic E-state index is 12.8. The number of furan rings is 1. The molecule has 30 heavy (non-hydrogen) atoms. The van der Waals surface area contributed by atoms with Crippen LogP contribution in [0, 0.1) is 11.3 Å². The number of rotatable bonds is 4. The highest BCUT2D eigenvalue weighted by Gasteiger charge is 2.35. The van der Waals surface area contributed by atoms with E-state index in [2.05, 4.69) is 0 Å². The second-order valence-corrected chi connectivity index (χ2v) is 6.88. The van der Waals surface area contributed by atoms with Crippen LogP contribution in [-0.4, -0.2) is 35.0 Å². The molecule has 0 unspecified atom stereocenters. The Bertz CT molecular complexity index is 1270. The molecule has 0 saturated heterocycles. The lowest BCUT2D eigenvalue weighted by Gasteiger charge is -2.26. The van der Waals surface area contributed by atoms with E-state index in [-0.39, 0.29) is 24.3 Å². The van der Waals surface area contributed by atoms with Gasteiger partial charge >= 0.3 is 0 Å². The van der Waals surface area contributed by atoms with Crippen molar-refractivity contribution in [2.45, 2.75) is 6.92 Å². The SMILES string of the molecule is CC1=C(C#N)C(=O)N(CCO)C(=O)/C1=C/c1ccc(-c2cccc3ccccc23)o1. The molecule has 6 heteroatoms. The van der Waals surface area contributed by atoms with Gasteiger partial charge in [-0.15, -0.1) is 0 Å². The number of carbonyl (C=O) groups excluding carboxylic acids is 2. The molecule has 1 aromatic heterocycles. The molecule has 1 aliphatic heterocycles. The minimum Gasteiger partial charge on any atom is -0.457 e. The van der Waals surface area contributed by atoms with Crippen LogP contribution in [0.5, 0.6) is 0 Å². The van der Waals surface area contributed by atoms with Gasteiger partial charge in [0.1, 0.15) is 23.2 Å². The zero-order valence-electron chi connectivity index (χ0n) is 16.3. The molecule has 1 N–H and O–H groups in total. The Kier molecular flexibility index (Phi) is 5.05. The fraction of sp³-hybridized carbons (Fsp3) is 0.125. The van der Waals surface area contributed by atoms with E-state index in [1.807, 2.05) is 54.6 Å². The third kappa shape index (κ3) is 3.21. The molecule has 0 radical (unpaired) electrons. The molecule has 0 aliphatic carbocycles. The Hall–Kier alpha value is -3.95. The topological polar surface area (TPSA) is 94.5 Å². The van der Waals surface area contributed by atoms with Crippen LogP contribution in [-0.2, 0) is 9.59 Å².